The molecule has 0 spiro atoms. The van der Waals surface area contributed by atoms with Gasteiger partial charge in [-0.1, -0.05) is 23.7 Å². The number of pyridine rings is 1. The summed E-state index contributed by atoms with van der Waals surface area (Å²) >= 11 is 5.87. The van der Waals surface area contributed by atoms with Gasteiger partial charge in [0.2, 0.25) is 0 Å². The van der Waals surface area contributed by atoms with Crippen LogP contribution in [0.2, 0.25) is 5.02 Å². The van der Waals surface area contributed by atoms with Crippen molar-refractivity contribution in [1.29, 1.82) is 0 Å². The number of hydrogen-bond acceptors (Lipinski definition) is 1. The van der Waals surface area contributed by atoms with E-state index in [9.17, 15) is 0 Å². The fourth-order valence-corrected chi connectivity index (χ4v) is 1.50. The van der Waals surface area contributed by atoms with Crippen molar-refractivity contribution in [3.05, 3.63) is 41.0 Å². The summed E-state index contributed by atoms with van der Waals surface area (Å²) in [6, 6.07) is 9.91. The molecule has 0 aliphatic rings. The maximum absolute atomic E-state index is 5.87. The Labute approximate surface area is 83.2 Å². The molecular weight excluding hydrogens is 180 g/mol. The second-order valence-electron chi connectivity index (χ2n) is 2.99. The highest BCUT2D eigenvalue weighted by Gasteiger charge is 1.97. The van der Waals surface area contributed by atoms with Crippen molar-refractivity contribution in [3.8, 4) is 0 Å². The number of hydrogen-bond donors (Lipinski definition) is 0. The van der Waals surface area contributed by atoms with Crippen LogP contribution in [0.5, 0.6) is 0 Å². The van der Waals surface area contributed by atoms with Crippen molar-refractivity contribution in [1.82, 2.24) is 4.98 Å². The molecule has 2 rings (SSSR count). The summed E-state index contributed by atoms with van der Waals surface area (Å²) in [7, 11) is 2.10. The van der Waals surface area contributed by atoms with Gasteiger partial charge >= 0.3 is 0 Å². The molecule has 0 saturated carbocycles. The number of benzene rings is 1. The van der Waals surface area contributed by atoms with Gasteiger partial charge < -0.3 is 0 Å². The lowest BCUT2D eigenvalue weighted by molar-refractivity contribution is 1.22. The first-order valence-electron chi connectivity index (χ1n) is 4.35. The minimum atomic E-state index is 0.744. The lowest BCUT2D eigenvalue weighted by Crippen LogP contribution is -1.89. The normalized spacial score (nSPS) is 10.5. The Morgan fingerprint density at radius 1 is 1.23 bits per heavy atom. The number of halogens is 1. The van der Waals surface area contributed by atoms with Crippen LogP contribution in [-0.2, 0) is 6.32 Å². The molecule has 1 nitrogen and oxygen atoms in total. The Morgan fingerprint density at radius 2 is 2.00 bits per heavy atom. The van der Waals surface area contributed by atoms with Crippen LogP contribution in [0.4, 0.5) is 0 Å². The van der Waals surface area contributed by atoms with Crippen molar-refractivity contribution < 1.29 is 0 Å². The topological polar surface area (TPSA) is 12.9 Å². The fourth-order valence-electron chi connectivity index (χ4n) is 1.33. The fraction of sp³-hybridized carbons (Fsp3) is 0.100. The van der Waals surface area contributed by atoms with Gasteiger partial charge in [-0.3, -0.25) is 4.98 Å². The lowest BCUT2D eigenvalue weighted by atomic mass is 10.0. The SMILES string of the molecule is BCc1ccc2ccc(Cl)cc2n1. The van der Waals surface area contributed by atoms with Gasteiger partial charge in [-0.25, -0.2) is 0 Å². The zero-order valence-electron chi connectivity index (χ0n) is 7.42. The summed E-state index contributed by atoms with van der Waals surface area (Å²) in [6.07, 6.45) is 0.961. The first kappa shape index (κ1) is 8.58. The molecule has 0 atom stereocenters. The summed E-state index contributed by atoms with van der Waals surface area (Å²) in [5.74, 6) is 0. The van der Waals surface area contributed by atoms with E-state index in [0.29, 0.717) is 0 Å². The van der Waals surface area contributed by atoms with Gasteiger partial charge in [0.1, 0.15) is 7.85 Å². The van der Waals surface area contributed by atoms with Crippen LogP contribution in [-0.4, -0.2) is 12.8 Å². The highest BCUT2D eigenvalue weighted by atomic mass is 35.5. The zero-order valence-corrected chi connectivity index (χ0v) is 8.17. The molecule has 64 valence electrons. The molecule has 0 radical (unpaired) electrons. The van der Waals surface area contributed by atoms with Crippen LogP contribution in [0.15, 0.2) is 30.3 Å². The Hall–Kier alpha value is -1.02. The van der Waals surface area contributed by atoms with E-state index in [1.807, 2.05) is 18.2 Å². The monoisotopic (exact) mass is 189 g/mol. The van der Waals surface area contributed by atoms with Gasteiger partial charge in [-0.05, 0) is 24.5 Å². The molecule has 0 bridgehead atoms. The second kappa shape index (κ2) is 3.39. The summed E-state index contributed by atoms with van der Waals surface area (Å²) in [5.41, 5.74) is 2.08. The van der Waals surface area contributed by atoms with E-state index in [-0.39, 0.29) is 0 Å². The van der Waals surface area contributed by atoms with E-state index < -0.39 is 0 Å². The third kappa shape index (κ3) is 1.68. The number of nitrogens with zero attached hydrogens (tertiary/aromatic N) is 1. The van der Waals surface area contributed by atoms with E-state index in [1.165, 1.54) is 0 Å². The summed E-state index contributed by atoms with van der Waals surface area (Å²) in [5, 5.41) is 1.88. The average molecular weight is 189 g/mol. The molecule has 1 heterocycles. The Balaban J connectivity index is 2.68. The molecule has 0 N–H and O–H groups in total. The van der Waals surface area contributed by atoms with Crippen molar-refractivity contribution in [3.63, 3.8) is 0 Å². The third-order valence-electron chi connectivity index (χ3n) is 2.07. The largest absolute Gasteiger partial charge is 0.254 e. The van der Waals surface area contributed by atoms with E-state index >= 15 is 0 Å². The van der Waals surface area contributed by atoms with Crippen molar-refractivity contribution in [2.45, 2.75) is 6.32 Å². The van der Waals surface area contributed by atoms with Gasteiger partial charge in [-0.15, -0.1) is 0 Å². The Kier molecular flexibility index (Phi) is 2.23. The average Bonchev–Trinajstić information content (AvgIpc) is 2.16. The molecule has 1 aromatic carbocycles. The number of fused-ring (bicyclic) bond motifs is 1. The van der Waals surface area contributed by atoms with Crippen LogP contribution in [0.3, 0.4) is 0 Å². The molecule has 13 heavy (non-hydrogen) atoms. The molecule has 3 heteroatoms. The second-order valence-corrected chi connectivity index (χ2v) is 3.43. The molecule has 0 saturated heterocycles. The highest BCUT2D eigenvalue weighted by molar-refractivity contribution is 6.31. The van der Waals surface area contributed by atoms with Crippen LogP contribution in [0.25, 0.3) is 10.9 Å². The molecule has 0 unspecified atom stereocenters. The molecular formula is C10H9BClN. The van der Waals surface area contributed by atoms with Crippen LogP contribution < -0.4 is 0 Å². The van der Waals surface area contributed by atoms with Crippen molar-refractivity contribution in [2.75, 3.05) is 0 Å². The molecule has 0 aliphatic carbocycles. The number of aromatic nitrogens is 1. The van der Waals surface area contributed by atoms with Gasteiger partial charge in [-0.2, -0.15) is 0 Å². The van der Waals surface area contributed by atoms with E-state index in [1.54, 1.807) is 0 Å². The van der Waals surface area contributed by atoms with Crippen LogP contribution in [0.1, 0.15) is 5.69 Å². The molecule has 0 aliphatic heterocycles. The van der Waals surface area contributed by atoms with Gasteiger partial charge in [0.05, 0.1) is 5.52 Å². The van der Waals surface area contributed by atoms with Gasteiger partial charge in [0, 0.05) is 16.1 Å². The zero-order chi connectivity index (χ0) is 9.26. The van der Waals surface area contributed by atoms with E-state index in [2.05, 4.69) is 25.0 Å². The van der Waals surface area contributed by atoms with Gasteiger partial charge in [0.25, 0.3) is 0 Å². The third-order valence-corrected chi connectivity index (χ3v) is 2.31. The first-order valence-corrected chi connectivity index (χ1v) is 4.72. The summed E-state index contributed by atoms with van der Waals surface area (Å²) in [6.45, 7) is 0. The lowest BCUT2D eigenvalue weighted by Gasteiger charge is -2.00. The summed E-state index contributed by atoms with van der Waals surface area (Å²) in [4.78, 5) is 4.47. The summed E-state index contributed by atoms with van der Waals surface area (Å²) < 4.78 is 0. The maximum atomic E-state index is 5.87. The molecule has 0 fully saturated rings. The minimum absolute atomic E-state index is 0.744. The van der Waals surface area contributed by atoms with E-state index in [4.69, 9.17) is 11.6 Å². The molecule has 2 aromatic rings. The Bertz CT molecular complexity index is 442. The van der Waals surface area contributed by atoms with Crippen LogP contribution >= 0.6 is 11.6 Å². The smallest absolute Gasteiger partial charge is 0.109 e. The molecule has 0 amide bonds. The minimum Gasteiger partial charge on any atom is -0.254 e. The van der Waals surface area contributed by atoms with E-state index in [0.717, 1.165) is 27.9 Å². The highest BCUT2D eigenvalue weighted by Crippen LogP contribution is 2.17. The van der Waals surface area contributed by atoms with Gasteiger partial charge in [0.15, 0.2) is 0 Å². The molecule has 1 aromatic heterocycles. The first-order chi connectivity index (χ1) is 6.29. The standard InChI is InChI=1S/C10H9BClN/c11-6-9-4-2-7-1-3-8(12)5-10(7)13-9/h1-5H,6,11H2. The number of rotatable bonds is 1. The predicted molar refractivity (Wildman–Crippen MR) is 59.0 cm³/mol. The van der Waals surface area contributed by atoms with Crippen molar-refractivity contribution in [2.24, 2.45) is 0 Å². The van der Waals surface area contributed by atoms with Crippen LogP contribution in [0, 0.1) is 0 Å². The quantitative estimate of drug-likeness (QED) is 0.626. The van der Waals surface area contributed by atoms with Crippen molar-refractivity contribution >= 4 is 30.4 Å². The maximum Gasteiger partial charge on any atom is 0.109 e. The Morgan fingerprint density at radius 3 is 2.77 bits per heavy atom. The predicted octanol–water partition coefficient (Wildman–Crippen LogP) is 2.02.